The van der Waals surface area contributed by atoms with Crippen LogP contribution >= 0.6 is 0 Å². The highest BCUT2D eigenvalue weighted by molar-refractivity contribution is 6.74. The van der Waals surface area contributed by atoms with Crippen LogP contribution in [0.3, 0.4) is 0 Å². The summed E-state index contributed by atoms with van der Waals surface area (Å²) in [6.45, 7) is 16.6. The molecular formula is C25H41NO6Si. The van der Waals surface area contributed by atoms with Gasteiger partial charge < -0.3 is 19.0 Å². The molecule has 1 saturated heterocycles. The second-order valence-electron chi connectivity index (χ2n) is 11.3. The van der Waals surface area contributed by atoms with Crippen molar-refractivity contribution >= 4 is 20.4 Å². The summed E-state index contributed by atoms with van der Waals surface area (Å²) >= 11 is 0. The fourth-order valence-electron chi connectivity index (χ4n) is 3.62. The zero-order valence-electron chi connectivity index (χ0n) is 21.4. The molecule has 186 valence electrons. The summed E-state index contributed by atoms with van der Waals surface area (Å²) in [5.41, 5.74) is 0.225. The number of ether oxygens (including phenoxy) is 2. The summed E-state index contributed by atoms with van der Waals surface area (Å²) < 4.78 is 17.5. The van der Waals surface area contributed by atoms with Gasteiger partial charge >= 0.3 is 12.1 Å². The molecule has 0 bridgehead atoms. The van der Waals surface area contributed by atoms with E-state index in [9.17, 15) is 14.7 Å². The van der Waals surface area contributed by atoms with Crippen molar-refractivity contribution < 1.29 is 28.6 Å². The Labute approximate surface area is 199 Å². The first-order valence-electron chi connectivity index (χ1n) is 11.7. The van der Waals surface area contributed by atoms with Crippen molar-refractivity contribution in [3.8, 4) is 0 Å². The summed E-state index contributed by atoms with van der Waals surface area (Å²) in [5.74, 6) is -0.509. The number of esters is 1. The molecule has 7 nitrogen and oxygen atoms in total. The number of carbonyl (C=O) groups excluding carboxylic acids is 2. The van der Waals surface area contributed by atoms with E-state index in [1.54, 1.807) is 20.8 Å². The zero-order valence-corrected chi connectivity index (χ0v) is 22.4. The summed E-state index contributed by atoms with van der Waals surface area (Å²) in [6.07, 6.45) is -1.67. The molecule has 0 aliphatic carbocycles. The molecule has 1 amide bonds. The average molecular weight is 480 g/mol. The minimum atomic E-state index is -2.18. The summed E-state index contributed by atoms with van der Waals surface area (Å²) in [7, 11) is -2.18. The maximum absolute atomic E-state index is 13.0. The third-order valence-corrected chi connectivity index (χ3v) is 10.8. The largest absolute Gasteiger partial charge is 0.460 e. The molecule has 0 unspecified atom stereocenters. The predicted octanol–water partition coefficient (Wildman–Crippen LogP) is 4.88. The van der Waals surface area contributed by atoms with E-state index in [1.165, 1.54) is 4.90 Å². The summed E-state index contributed by atoms with van der Waals surface area (Å²) in [4.78, 5) is 26.9. The molecule has 1 N–H and O–H groups in total. The van der Waals surface area contributed by atoms with E-state index in [1.807, 2.05) is 30.3 Å². The van der Waals surface area contributed by atoms with Crippen LogP contribution in [0.5, 0.6) is 0 Å². The molecule has 0 saturated carbocycles. The normalized spacial score (nSPS) is 20.5. The highest BCUT2D eigenvalue weighted by atomic mass is 28.4. The Morgan fingerprint density at radius 3 is 2.27 bits per heavy atom. The predicted molar refractivity (Wildman–Crippen MR) is 130 cm³/mol. The van der Waals surface area contributed by atoms with Gasteiger partial charge in [0.1, 0.15) is 12.2 Å². The Bertz CT molecular complexity index is 799. The van der Waals surface area contributed by atoms with E-state index in [0.29, 0.717) is 13.0 Å². The van der Waals surface area contributed by atoms with Crippen molar-refractivity contribution in [3.63, 3.8) is 0 Å². The lowest BCUT2D eigenvalue weighted by atomic mass is 10.0. The van der Waals surface area contributed by atoms with Crippen molar-refractivity contribution in [3.05, 3.63) is 35.9 Å². The maximum Gasteiger partial charge on any atom is 0.410 e. The molecule has 0 spiro atoms. The van der Waals surface area contributed by atoms with Crippen LogP contribution in [0, 0.1) is 0 Å². The molecular weight excluding hydrogens is 438 g/mol. The van der Waals surface area contributed by atoms with Crippen molar-refractivity contribution in [1.82, 2.24) is 4.90 Å². The van der Waals surface area contributed by atoms with E-state index in [-0.39, 0.29) is 24.2 Å². The first-order valence-corrected chi connectivity index (χ1v) is 14.6. The van der Waals surface area contributed by atoms with E-state index >= 15 is 0 Å². The average Bonchev–Trinajstić information content (AvgIpc) is 3.07. The first-order chi connectivity index (χ1) is 15.1. The first kappa shape index (κ1) is 27.3. The van der Waals surface area contributed by atoms with Gasteiger partial charge in [-0.25, -0.2) is 4.79 Å². The lowest BCUT2D eigenvalue weighted by molar-refractivity contribution is -0.158. The number of hydrogen-bond donors (Lipinski definition) is 1. The Morgan fingerprint density at radius 1 is 1.12 bits per heavy atom. The molecule has 2 rings (SSSR count). The number of benzene rings is 1. The number of aliphatic hydroxyl groups excluding tert-OH is 1. The number of amides is 1. The van der Waals surface area contributed by atoms with E-state index in [0.717, 1.165) is 5.56 Å². The molecule has 3 atom stereocenters. The van der Waals surface area contributed by atoms with Gasteiger partial charge in [0.25, 0.3) is 0 Å². The van der Waals surface area contributed by atoms with Gasteiger partial charge in [0.2, 0.25) is 0 Å². The SMILES string of the molecule is CC(C)(C)OC(=O)C[C@H](O)[C@@H]1[C@H](O[Si](C)(C)C(C)(C)C)CCN1C(=O)OCc1ccccc1. The van der Waals surface area contributed by atoms with Crippen LogP contribution in [-0.4, -0.2) is 60.8 Å². The number of aliphatic hydroxyl groups is 1. The fraction of sp³-hybridized carbons (Fsp3) is 0.680. The van der Waals surface area contributed by atoms with Gasteiger partial charge in [-0.2, -0.15) is 0 Å². The van der Waals surface area contributed by atoms with Crippen molar-refractivity contribution in [2.45, 2.75) is 103 Å². The van der Waals surface area contributed by atoms with Crippen LogP contribution in [0.25, 0.3) is 0 Å². The number of hydrogen-bond acceptors (Lipinski definition) is 6. The topological polar surface area (TPSA) is 85.3 Å². The number of carbonyl (C=O) groups is 2. The Balaban J connectivity index is 2.19. The fourth-order valence-corrected chi connectivity index (χ4v) is 4.98. The molecule has 33 heavy (non-hydrogen) atoms. The maximum atomic E-state index is 13.0. The van der Waals surface area contributed by atoms with Gasteiger partial charge in [-0.3, -0.25) is 9.69 Å². The minimum Gasteiger partial charge on any atom is -0.460 e. The zero-order chi connectivity index (χ0) is 25.0. The molecule has 1 fully saturated rings. The third kappa shape index (κ3) is 7.83. The van der Waals surface area contributed by atoms with Crippen LogP contribution in [0.2, 0.25) is 18.1 Å². The molecule has 1 heterocycles. The monoisotopic (exact) mass is 479 g/mol. The van der Waals surface area contributed by atoms with Crippen LogP contribution in [-0.2, 0) is 25.3 Å². The highest BCUT2D eigenvalue weighted by Gasteiger charge is 2.48. The Hall–Kier alpha value is -1.90. The van der Waals surface area contributed by atoms with Crippen LogP contribution in [0.15, 0.2) is 30.3 Å². The van der Waals surface area contributed by atoms with Gasteiger partial charge in [0.05, 0.1) is 24.7 Å². The lowest BCUT2D eigenvalue weighted by Gasteiger charge is -2.41. The van der Waals surface area contributed by atoms with Crippen molar-refractivity contribution in [2.75, 3.05) is 6.54 Å². The lowest BCUT2D eigenvalue weighted by Crippen LogP contribution is -2.53. The quantitative estimate of drug-likeness (QED) is 0.443. The highest BCUT2D eigenvalue weighted by Crippen LogP contribution is 2.40. The van der Waals surface area contributed by atoms with Gasteiger partial charge in [0, 0.05) is 6.54 Å². The van der Waals surface area contributed by atoms with Gasteiger partial charge in [-0.1, -0.05) is 51.1 Å². The molecule has 1 aliphatic heterocycles. The van der Waals surface area contributed by atoms with Crippen molar-refractivity contribution in [1.29, 1.82) is 0 Å². The standard InChI is InChI=1S/C25H41NO6Si/c1-24(2,3)31-21(28)16-19(27)22-20(32-33(7,8)25(4,5)6)14-15-26(22)23(29)30-17-18-12-10-9-11-13-18/h9-13,19-20,22,27H,14-17H2,1-8H3/t19-,20+,22+/m0/s1. The summed E-state index contributed by atoms with van der Waals surface area (Å²) in [6, 6.07) is 8.75. The van der Waals surface area contributed by atoms with E-state index in [2.05, 4.69) is 33.9 Å². The minimum absolute atomic E-state index is 0.0328. The Kier molecular flexibility index (Phi) is 8.76. The number of likely N-dealkylation sites (tertiary alicyclic amines) is 1. The third-order valence-electron chi connectivity index (χ3n) is 6.28. The second-order valence-corrected chi connectivity index (χ2v) is 16.0. The van der Waals surface area contributed by atoms with Gasteiger partial charge in [-0.05, 0) is 50.9 Å². The van der Waals surface area contributed by atoms with Gasteiger partial charge in [-0.15, -0.1) is 0 Å². The smallest absolute Gasteiger partial charge is 0.410 e. The molecule has 1 aromatic rings. The summed E-state index contributed by atoms with van der Waals surface area (Å²) in [5, 5.41) is 11.0. The molecule has 0 radical (unpaired) electrons. The molecule has 0 aromatic heterocycles. The molecule has 1 aliphatic rings. The molecule has 1 aromatic carbocycles. The van der Waals surface area contributed by atoms with E-state index in [4.69, 9.17) is 13.9 Å². The van der Waals surface area contributed by atoms with E-state index < -0.39 is 38.1 Å². The Morgan fingerprint density at radius 2 is 1.73 bits per heavy atom. The second kappa shape index (κ2) is 10.6. The van der Waals surface area contributed by atoms with Crippen LogP contribution in [0.1, 0.15) is 59.9 Å². The van der Waals surface area contributed by atoms with Crippen LogP contribution < -0.4 is 0 Å². The molecule has 8 heteroatoms. The van der Waals surface area contributed by atoms with Gasteiger partial charge in [0.15, 0.2) is 8.32 Å². The number of nitrogens with zero attached hydrogens (tertiary/aromatic N) is 1. The van der Waals surface area contributed by atoms with Crippen LogP contribution in [0.4, 0.5) is 4.79 Å². The number of rotatable bonds is 7. The van der Waals surface area contributed by atoms with Crippen molar-refractivity contribution in [2.24, 2.45) is 0 Å².